The number of hydrogen-bond acceptors (Lipinski definition) is 1. The highest BCUT2D eigenvalue weighted by Gasteiger charge is 2.35. The van der Waals surface area contributed by atoms with Crippen molar-refractivity contribution in [3.63, 3.8) is 0 Å². The third-order valence-electron chi connectivity index (χ3n) is 2.80. The summed E-state index contributed by atoms with van der Waals surface area (Å²) < 4.78 is 0. The summed E-state index contributed by atoms with van der Waals surface area (Å²) in [5.41, 5.74) is 5.26. The maximum atomic E-state index is 11.5. The van der Waals surface area contributed by atoms with Crippen LogP contribution in [0.4, 0.5) is 0 Å². The summed E-state index contributed by atoms with van der Waals surface area (Å²) >= 11 is 0. The first-order chi connectivity index (χ1) is 6.34. The van der Waals surface area contributed by atoms with Crippen LogP contribution in [-0.2, 0) is 4.79 Å². The summed E-state index contributed by atoms with van der Waals surface area (Å²) in [5, 5.41) is 0. The van der Waals surface area contributed by atoms with Gasteiger partial charge in [-0.3, -0.25) is 4.79 Å². The van der Waals surface area contributed by atoms with Gasteiger partial charge in [-0.2, -0.15) is 0 Å². The lowest BCUT2D eigenvalue weighted by molar-refractivity contribution is -0.130. The quantitative estimate of drug-likeness (QED) is 0.702. The van der Waals surface area contributed by atoms with Crippen LogP contribution in [0.15, 0.2) is 0 Å². The Balaban J connectivity index is 4.69. The molecule has 0 spiro atoms. The zero-order chi connectivity index (χ0) is 11.4. The molecule has 0 saturated heterocycles. The molecule has 0 aromatic carbocycles. The third-order valence-corrected chi connectivity index (χ3v) is 2.80. The maximum absolute atomic E-state index is 11.5. The van der Waals surface area contributed by atoms with Gasteiger partial charge in [0.1, 0.15) is 0 Å². The average molecular weight is 199 g/mol. The molecule has 2 nitrogen and oxygen atoms in total. The van der Waals surface area contributed by atoms with Crippen molar-refractivity contribution in [1.29, 1.82) is 0 Å². The first-order valence-electron chi connectivity index (χ1n) is 5.64. The van der Waals surface area contributed by atoms with Gasteiger partial charge in [0.25, 0.3) is 0 Å². The highest BCUT2D eigenvalue weighted by atomic mass is 16.1. The van der Waals surface area contributed by atoms with Gasteiger partial charge in [0, 0.05) is 5.41 Å². The Kier molecular flexibility index (Phi) is 5.17. The van der Waals surface area contributed by atoms with E-state index in [1.54, 1.807) is 0 Å². The highest BCUT2D eigenvalue weighted by molar-refractivity contribution is 5.80. The Morgan fingerprint density at radius 1 is 1.14 bits per heavy atom. The Morgan fingerprint density at radius 3 is 1.64 bits per heavy atom. The van der Waals surface area contributed by atoms with E-state index in [0.29, 0.717) is 11.8 Å². The lowest BCUT2D eigenvalue weighted by Gasteiger charge is -2.32. The van der Waals surface area contributed by atoms with E-state index in [2.05, 4.69) is 34.6 Å². The van der Waals surface area contributed by atoms with Crippen LogP contribution in [-0.4, -0.2) is 5.91 Å². The van der Waals surface area contributed by atoms with Crippen LogP contribution >= 0.6 is 0 Å². The number of carbonyl (C=O) groups is 1. The van der Waals surface area contributed by atoms with Gasteiger partial charge in [-0.25, -0.2) is 0 Å². The standard InChI is InChI=1S/C12H25NO/c1-6-12(11(13)14,7-9(2)3)8-10(4)5/h9-10H,6-8H2,1-5H3,(H2,13,14). The van der Waals surface area contributed by atoms with E-state index in [4.69, 9.17) is 5.73 Å². The van der Waals surface area contributed by atoms with Crippen molar-refractivity contribution in [2.45, 2.75) is 53.9 Å². The molecule has 0 heterocycles. The van der Waals surface area contributed by atoms with Crippen molar-refractivity contribution in [3.8, 4) is 0 Å². The third kappa shape index (κ3) is 3.69. The molecule has 2 heteroatoms. The zero-order valence-corrected chi connectivity index (χ0v) is 10.3. The molecule has 14 heavy (non-hydrogen) atoms. The number of hydrogen-bond donors (Lipinski definition) is 1. The maximum Gasteiger partial charge on any atom is 0.223 e. The Labute approximate surface area is 88.3 Å². The lowest BCUT2D eigenvalue weighted by atomic mass is 9.72. The Hall–Kier alpha value is -0.530. The number of primary amides is 1. The SMILES string of the molecule is CCC(CC(C)C)(CC(C)C)C(N)=O. The first-order valence-corrected chi connectivity index (χ1v) is 5.64. The van der Waals surface area contributed by atoms with E-state index >= 15 is 0 Å². The monoisotopic (exact) mass is 199 g/mol. The van der Waals surface area contributed by atoms with Gasteiger partial charge < -0.3 is 5.73 Å². The fourth-order valence-electron chi connectivity index (χ4n) is 2.31. The van der Waals surface area contributed by atoms with E-state index in [1.165, 1.54) is 0 Å². The van der Waals surface area contributed by atoms with Crippen LogP contribution in [0.1, 0.15) is 53.9 Å². The van der Waals surface area contributed by atoms with E-state index in [-0.39, 0.29) is 11.3 Å². The summed E-state index contributed by atoms with van der Waals surface area (Å²) in [5.74, 6) is 0.935. The van der Waals surface area contributed by atoms with Gasteiger partial charge in [-0.1, -0.05) is 34.6 Å². The van der Waals surface area contributed by atoms with Crippen LogP contribution < -0.4 is 5.73 Å². The summed E-state index contributed by atoms with van der Waals surface area (Å²) in [6.45, 7) is 10.7. The van der Waals surface area contributed by atoms with Crippen molar-refractivity contribution in [2.24, 2.45) is 23.0 Å². The molecule has 0 bridgehead atoms. The predicted molar refractivity (Wildman–Crippen MR) is 60.8 cm³/mol. The highest BCUT2D eigenvalue weighted by Crippen LogP contribution is 2.36. The van der Waals surface area contributed by atoms with Crippen molar-refractivity contribution >= 4 is 5.91 Å². The van der Waals surface area contributed by atoms with E-state index in [9.17, 15) is 4.79 Å². The molecule has 0 aromatic rings. The molecule has 0 saturated carbocycles. The molecule has 0 aliphatic carbocycles. The van der Waals surface area contributed by atoms with Gasteiger partial charge in [-0.05, 0) is 31.1 Å². The molecule has 0 atom stereocenters. The average Bonchev–Trinajstić information content (AvgIpc) is 2.00. The van der Waals surface area contributed by atoms with Crippen LogP contribution in [0.5, 0.6) is 0 Å². The smallest absolute Gasteiger partial charge is 0.223 e. The number of rotatable bonds is 6. The molecule has 0 aliphatic heterocycles. The Morgan fingerprint density at radius 2 is 1.50 bits per heavy atom. The molecule has 0 rings (SSSR count). The zero-order valence-electron chi connectivity index (χ0n) is 10.3. The van der Waals surface area contributed by atoms with Crippen LogP contribution in [0.2, 0.25) is 0 Å². The van der Waals surface area contributed by atoms with Crippen molar-refractivity contribution in [3.05, 3.63) is 0 Å². The fraction of sp³-hybridized carbons (Fsp3) is 0.917. The minimum atomic E-state index is -0.275. The van der Waals surface area contributed by atoms with Gasteiger partial charge in [0.2, 0.25) is 5.91 Å². The molecule has 0 aliphatic rings. The molecule has 2 N–H and O–H groups in total. The number of carbonyl (C=O) groups excluding carboxylic acids is 1. The first kappa shape index (κ1) is 13.5. The van der Waals surface area contributed by atoms with E-state index in [0.717, 1.165) is 19.3 Å². The van der Waals surface area contributed by atoms with Crippen LogP contribution in [0, 0.1) is 17.3 Å². The second-order valence-corrected chi connectivity index (χ2v) is 5.19. The summed E-state index contributed by atoms with van der Waals surface area (Å²) in [7, 11) is 0. The van der Waals surface area contributed by atoms with Gasteiger partial charge in [0.05, 0.1) is 0 Å². The Bertz CT molecular complexity index is 175. The molecular formula is C12H25NO. The summed E-state index contributed by atoms with van der Waals surface area (Å²) in [6, 6.07) is 0. The van der Waals surface area contributed by atoms with Gasteiger partial charge in [-0.15, -0.1) is 0 Å². The van der Waals surface area contributed by atoms with Crippen molar-refractivity contribution in [1.82, 2.24) is 0 Å². The number of nitrogens with two attached hydrogens (primary N) is 1. The van der Waals surface area contributed by atoms with Crippen LogP contribution in [0.25, 0.3) is 0 Å². The summed E-state index contributed by atoms with van der Waals surface area (Å²) in [4.78, 5) is 11.5. The molecular weight excluding hydrogens is 174 g/mol. The molecule has 0 radical (unpaired) electrons. The number of amides is 1. The minimum Gasteiger partial charge on any atom is -0.369 e. The molecule has 84 valence electrons. The van der Waals surface area contributed by atoms with Crippen molar-refractivity contribution in [2.75, 3.05) is 0 Å². The normalized spacial score (nSPS) is 12.5. The van der Waals surface area contributed by atoms with E-state index in [1.807, 2.05) is 0 Å². The lowest BCUT2D eigenvalue weighted by Crippen LogP contribution is -2.39. The summed E-state index contributed by atoms with van der Waals surface area (Å²) in [6.07, 6.45) is 2.69. The second-order valence-electron chi connectivity index (χ2n) is 5.19. The minimum absolute atomic E-state index is 0.123. The second kappa shape index (κ2) is 5.38. The molecule has 0 fully saturated rings. The van der Waals surface area contributed by atoms with Gasteiger partial charge in [0.15, 0.2) is 0 Å². The molecule has 0 aromatic heterocycles. The topological polar surface area (TPSA) is 43.1 Å². The molecule has 1 amide bonds. The van der Waals surface area contributed by atoms with E-state index < -0.39 is 0 Å². The molecule has 0 unspecified atom stereocenters. The largest absolute Gasteiger partial charge is 0.369 e. The predicted octanol–water partition coefficient (Wildman–Crippen LogP) is 2.96. The van der Waals surface area contributed by atoms with Gasteiger partial charge >= 0.3 is 0 Å². The van der Waals surface area contributed by atoms with Crippen LogP contribution in [0.3, 0.4) is 0 Å². The fourth-order valence-corrected chi connectivity index (χ4v) is 2.31. The van der Waals surface area contributed by atoms with Crippen molar-refractivity contribution < 1.29 is 4.79 Å².